The number of carbonyl (C=O) groups is 1. The van der Waals surface area contributed by atoms with Crippen LogP contribution in [0.5, 0.6) is 0 Å². The number of nitrogens with one attached hydrogen (secondary N) is 1. The Bertz CT molecular complexity index is 450. The van der Waals surface area contributed by atoms with Crippen LogP contribution in [0.15, 0.2) is 30.3 Å². The highest BCUT2D eigenvalue weighted by Crippen LogP contribution is 2.33. The van der Waals surface area contributed by atoms with Crippen molar-refractivity contribution in [3.8, 4) is 0 Å². The molecule has 0 spiro atoms. The minimum atomic E-state index is -0.139. The Hall–Kier alpha value is -1.39. The van der Waals surface area contributed by atoms with Gasteiger partial charge in [-0.2, -0.15) is 0 Å². The average molecular weight is 304 g/mol. The van der Waals surface area contributed by atoms with Crippen molar-refractivity contribution in [2.24, 2.45) is 11.7 Å². The highest BCUT2D eigenvalue weighted by molar-refractivity contribution is 5.80. The Labute approximate surface area is 133 Å². The molecule has 2 rings (SSSR count). The highest BCUT2D eigenvalue weighted by Gasteiger charge is 2.33. The van der Waals surface area contributed by atoms with Crippen molar-refractivity contribution in [3.05, 3.63) is 35.9 Å². The maximum Gasteiger partial charge on any atom is 0.226 e. The molecule has 0 bridgehead atoms. The van der Waals surface area contributed by atoms with E-state index in [1.54, 1.807) is 0 Å². The van der Waals surface area contributed by atoms with Crippen molar-refractivity contribution < 1.29 is 9.53 Å². The van der Waals surface area contributed by atoms with Gasteiger partial charge >= 0.3 is 0 Å². The van der Waals surface area contributed by atoms with Gasteiger partial charge in [-0.05, 0) is 24.8 Å². The van der Waals surface area contributed by atoms with Gasteiger partial charge in [-0.25, -0.2) is 0 Å². The van der Waals surface area contributed by atoms with E-state index in [1.165, 1.54) is 0 Å². The van der Waals surface area contributed by atoms with Crippen molar-refractivity contribution in [1.29, 1.82) is 0 Å². The highest BCUT2D eigenvalue weighted by atomic mass is 16.5. The second-order valence-corrected chi connectivity index (χ2v) is 6.03. The lowest BCUT2D eigenvalue weighted by molar-refractivity contribution is -0.135. The largest absolute Gasteiger partial charge is 0.373 e. The van der Waals surface area contributed by atoms with E-state index < -0.39 is 0 Å². The minimum absolute atomic E-state index is 0.0748. The van der Waals surface area contributed by atoms with E-state index in [0.717, 1.165) is 44.3 Å². The third kappa shape index (κ3) is 4.55. The molecule has 3 unspecified atom stereocenters. The van der Waals surface area contributed by atoms with E-state index in [4.69, 9.17) is 10.5 Å². The molecule has 0 aliphatic carbocycles. The number of amides is 1. The molecule has 122 valence electrons. The Balaban J connectivity index is 2.02. The zero-order valence-corrected chi connectivity index (χ0v) is 13.5. The first kappa shape index (κ1) is 17.0. The van der Waals surface area contributed by atoms with E-state index in [0.29, 0.717) is 6.54 Å². The van der Waals surface area contributed by atoms with Crippen LogP contribution >= 0.6 is 0 Å². The first-order chi connectivity index (χ1) is 10.8. The van der Waals surface area contributed by atoms with Crippen LogP contribution in [0.2, 0.25) is 0 Å². The Morgan fingerprint density at radius 1 is 1.41 bits per heavy atom. The molecule has 1 aliphatic rings. The van der Waals surface area contributed by atoms with Gasteiger partial charge in [0.25, 0.3) is 0 Å². The molecule has 1 aromatic rings. The molecule has 1 saturated heterocycles. The molecule has 0 aromatic heterocycles. The summed E-state index contributed by atoms with van der Waals surface area (Å²) >= 11 is 0. The Morgan fingerprint density at radius 2 is 2.18 bits per heavy atom. The molecule has 4 nitrogen and oxygen atoms in total. The quantitative estimate of drug-likeness (QED) is 0.814. The molecule has 1 aromatic carbocycles. The normalized spacial score (nSPS) is 23.0. The SMILES string of the molecule is CCCCC(CN)NC(=O)C1CCCOC1c1ccccc1. The molecule has 3 N–H and O–H groups in total. The molecule has 0 radical (unpaired) electrons. The number of hydrogen-bond acceptors (Lipinski definition) is 3. The monoisotopic (exact) mass is 304 g/mol. The van der Waals surface area contributed by atoms with Crippen LogP contribution in [-0.2, 0) is 9.53 Å². The van der Waals surface area contributed by atoms with Gasteiger partial charge in [-0.1, -0.05) is 50.1 Å². The summed E-state index contributed by atoms with van der Waals surface area (Å²) < 4.78 is 5.90. The smallest absolute Gasteiger partial charge is 0.226 e. The summed E-state index contributed by atoms with van der Waals surface area (Å²) in [6.45, 7) is 3.37. The van der Waals surface area contributed by atoms with Gasteiger partial charge < -0.3 is 15.8 Å². The van der Waals surface area contributed by atoms with Crippen LogP contribution in [0.3, 0.4) is 0 Å². The number of carbonyl (C=O) groups excluding carboxylic acids is 1. The number of rotatable bonds is 7. The average Bonchev–Trinajstić information content (AvgIpc) is 2.59. The number of nitrogens with two attached hydrogens (primary N) is 1. The standard InChI is InChI=1S/C18H28N2O2/c1-2-3-10-15(13-19)20-18(21)16-11-7-12-22-17(16)14-8-5-4-6-9-14/h4-6,8-9,15-17H,2-3,7,10-13,19H2,1H3,(H,20,21). The van der Waals surface area contributed by atoms with Gasteiger partial charge in [0.1, 0.15) is 0 Å². The summed E-state index contributed by atoms with van der Waals surface area (Å²) in [5, 5.41) is 3.13. The molecular weight excluding hydrogens is 276 g/mol. The van der Waals surface area contributed by atoms with E-state index in [9.17, 15) is 4.79 Å². The van der Waals surface area contributed by atoms with Gasteiger partial charge in [0, 0.05) is 19.2 Å². The molecule has 1 fully saturated rings. The van der Waals surface area contributed by atoms with Crippen molar-refractivity contribution >= 4 is 5.91 Å². The second-order valence-electron chi connectivity index (χ2n) is 6.03. The summed E-state index contributed by atoms with van der Waals surface area (Å²) in [4.78, 5) is 12.7. The molecular formula is C18H28N2O2. The summed E-state index contributed by atoms with van der Waals surface area (Å²) in [5.74, 6) is -0.0352. The number of unbranched alkanes of at least 4 members (excludes halogenated alkanes) is 1. The summed E-state index contributed by atoms with van der Waals surface area (Å²) in [6.07, 6.45) is 4.82. The van der Waals surface area contributed by atoms with Crippen LogP contribution in [0, 0.1) is 5.92 Å². The maximum absolute atomic E-state index is 12.7. The van der Waals surface area contributed by atoms with Crippen molar-refractivity contribution in [3.63, 3.8) is 0 Å². The molecule has 22 heavy (non-hydrogen) atoms. The number of hydrogen-bond donors (Lipinski definition) is 2. The van der Waals surface area contributed by atoms with Gasteiger partial charge in [0.15, 0.2) is 0 Å². The van der Waals surface area contributed by atoms with E-state index in [2.05, 4.69) is 12.2 Å². The van der Waals surface area contributed by atoms with Gasteiger partial charge in [-0.3, -0.25) is 4.79 Å². The Morgan fingerprint density at radius 3 is 2.86 bits per heavy atom. The van der Waals surface area contributed by atoms with E-state index in [-0.39, 0.29) is 24.0 Å². The summed E-state index contributed by atoms with van der Waals surface area (Å²) in [6, 6.07) is 10.1. The number of ether oxygens (including phenoxy) is 1. The minimum Gasteiger partial charge on any atom is -0.373 e. The first-order valence-electron chi connectivity index (χ1n) is 8.43. The fourth-order valence-corrected chi connectivity index (χ4v) is 3.03. The zero-order chi connectivity index (χ0) is 15.8. The lowest BCUT2D eigenvalue weighted by Gasteiger charge is -2.32. The van der Waals surface area contributed by atoms with Crippen LogP contribution in [-0.4, -0.2) is 25.1 Å². The van der Waals surface area contributed by atoms with Crippen molar-refractivity contribution in [2.75, 3.05) is 13.2 Å². The molecule has 1 aliphatic heterocycles. The predicted molar refractivity (Wildman–Crippen MR) is 88.4 cm³/mol. The lowest BCUT2D eigenvalue weighted by atomic mass is 9.88. The van der Waals surface area contributed by atoms with Crippen molar-refractivity contribution in [2.45, 2.75) is 51.2 Å². The van der Waals surface area contributed by atoms with Crippen LogP contribution < -0.4 is 11.1 Å². The maximum atomic E-state index is 12.7. The number of benzene rings is 1. The third-order valence-electron chi connectivity index (χ3n) is 4.32. The lowest BCUT2D eigenvalue weighted by Crippen LogP contribution is -2.45. The molecule has 0 saturated carbocycles. The van der Waals surface area contributed by atoms with Gasteiger partial charge in [-0.15, -0.1) is 0 Å². The third-order valence-corrected chi connectivity index (χ3v) is 4.32. The Kier molecular flexibility index (Phi) is 6.87. The van der Waals surface area contributed by atoms with E-state index >= 15 is 0 Å². The van der Waals surface area contributed by atoms with Crippen LogP contribution in [0.25, 0.3) is 0 Å². The molecule has 3 atom stereocenters. The van der Waals surface area contributed by atoms with Crippen LogP contribution in [0.1, 0.15) is 50.7 Å². The molecule has 4 heteroatoms. The fourth-order valence-electron chi connectivity index (χ4n) is 3.03. The molecule has 1 heterocycles. The fraction of sp³-hybridized carbons (Fsp3) is 0.611. The zero-order valence-electron chi connectivity index (χ0n) is 13.5. The van der Waals surface area contributed by atoms with Crippen LogP contribution in [0.4, 0.5) is 0 Å². The van der Waals surface area contributed by atoms with E-state index in [1.807, 2.05) is 30.3 Å². The second kappa shape index (κ2) is 8.91. The van der Waals surface area contributed by atoms with Gasteiger partial charge in [0.2, 0.25) is 5.91 Å². The van der Waals surface area contributed by atoms with Gasteiger partial charge in [0.05, 0.1) is 12.0 Å². The van der Waals surface area contributed by atoms with Crippen molar-refractivity contribution in [1.82, 2.24) is 5.32 Å². The summed E-state index contributed by atoms with van der Waals surface area (Å²) in [7, 11) is 0. The predicted octanol–water partition coefficient (Wildman–Crippen LogP) is 2.79. The topological polar surface area (TPSA) is 64.3 Å². The molecule has 1 amide bonds. The first-order valence-corrected chi connectivity index (χ1v) is 8.43. The summed E-state index contributed by atoms with van der Waals surface area (Å²) in [5.41, 5.74) is 6.87.